The second-order valence-electron chi connectivity index (χ2n) is 4.89. The van der Waals surface area contributed by atoms with E-state index in [1.807, 2.05) is 35.7 Å². The molecule has 124 valence electrons. The van der Waals surface area contributed by atoms with Gasteiger partial charge in [0.15, 0.2) is 11.5 Å². The molecule has 2 heterocycles. The van der Waals surface area contributed by atoms with Crippen LogP contribution in [-0.4, -0.2) is 31.3 Å². The molecule has 2 N–H and O–H groups in total. The Hall–Kier alpha value is -2.80. The van der Waals surface area contributed by atoms with E-state index in [1.54, 1.807) is 32.7 Å². The van der Waals surface area contributed by atoms with Gasteiger partial charge in [0, 0.05) is 5.56 Å². The Bertz CT molecular complexity index is 825. The van der Waals surface area contributed by atoms with Gasteiger partial charge in [-0.05, 0) is 29.6 Å². The number of hydrogen-bond acceptors (Lipinski definition) is 7. The average molecular weight is 343 g/mol. The number of thiophene rings is 1. The van der Waals surface area contributed by atoms with Crippen molar-refractivity contribution in [1.29, 1.82) is 0 Å². The molecule has 0 aliphatic heterocycles. The summed E-state index contributed by atoms with van der Waals surface area (Å²) >= 11 is 1.59. The average Bonchev–Trinajstić information content (AvgIpc) is 3.14. The summed E-state index contributed by atoms with van der Waals surface area (Å²) < 4.78 is 16.1. The summed E-state index contributed by atoms with van der Waals surface area (Å²) in [6.45, 7) is 0. The number of hydrogen-bond donors (Lipinski definition) is 1. The molecule has 0 radical (unpaired) electrons. The van der Waals surface area contributed by atoms with E-state index in [-0.39, 0.29) is 5.95 Å². The summed E-state index contributed by atoms with van der Waals surface area (Å²) in [5.74, 6) is 1.86. The smallest absolute Gasteiger partial charge is 0.221 e. The second-order valence-corrected chi connectivity index (χ2v) is 5.84. The van der Waals surface area contributed by atoms with Crippen molar-refractivity contribution in [2.45, 2.75) is 0 Å². The maximum atomic E-state index is 5.90. The number of anilines is 1. The molecule has 0 aliphatic rings. The standard InChI is InChI=1S/C17H17N3O3S/c1-21-13-7-10(8-14(22-2)16(13)23-3)11-9-12(20-17(18)19-11)15-5-4-6-24-15/h4-9H,1-3H3,(H2,18,19,20). The van der Waals surface area contributed by atoms with Gasteiger partial charge in [0.2, 0.25) is 11.7 Å². The lowest BCUT2D eigenvalue weighted by atomic mass is 10.1. The highest BCUT2D eigenvalue weighted by Crippen LogP contribution is 2.41. The van der Waals surface area contributed by atoms with E-state index >= 15 is 0 Å². The first-order valence-corrected chi connectivity index (χ1v) is 8.03. The van der Waals surface area contributed by atoms with Gasteiger partial charge in [-0.3, -0.25) is 0 Å². The normalized spacial score (nSPS) is 10.5. The Morgan fingerprint density at radius 2 is 1.58 bits per heavy atom. The second kappa shape index (κ2) is 6.76. The molecule has 24 heavy (non-hydrogen) atoms. The fraction of sp³-hybridized carbons (Fsp3) is 0.176. The first-order chi connectivity index (χ1) is 11.7. The first kappa shape index (κ1) is 16.1. The lowest BCUT2D eigenvalue weighted by molar-refractivity contribution is 0.324. The lowest BCUT2D eigenvalue weighted by Gasteiger charge is -2.14. The summed E-state index contributed by atoms with van der Waals surface area (Å²) in [6, 6.07) is 9.52. The molecule has 0 saturated carbocycles. The van der Waals surface area contributed by atoms with Crippen LogP contribution < -0.4 is 19.9 Å². The van der Waals surface area contributed by atoms with Crippen molar-refractivity contribution in [3.05, 3.63) is 35.7 Å². The Labute approximate surface area is 143 Å². The van der Waals surface area contributed by atoms with E-state index in [0.29, 0.717) is 22.9 Å². The summed E-state index contributed by atoms with van der Waals surface area (Å²) in [6.07, 6.45) is 0. The largest absolute Gasteiger partial charge is 0.493 e. The van der Waals surface area contributed by atoms with Crippen LogP contribution in [0.25, 0.3) is 21.8 Å². The number of aromatic nitrogens is 2. The van der Waals surface area contributed by atoms with Gasteiger partial charge < -0.3 is 19.9 Å². The molecular formula is C17H17N3O3S. The highest BCUT2D eigenvalue weighted by atomic mass is 32.1. The molecule has 0 amide bonds. The SMILES string of the molecule is COc1cc(-c2cc(-c3cccs3)nc(N)n2)cc(OC)c1OC. The molecule has 3 aromatic rings. The van der Waals surface area contributed by atoms with E-state index in [0.717, 1.165) is 16.1 Å². The van der Waals surface area contributed by atoms with Crippen molar-refractivity contribution in [3.8, 4) is 39.1 Å². The minimum Gasteiger partial charge on any atom is -0.493 e. The maximum absolute atomic E-state index is 5.90. The molecule has 7 heteroatoms. The van der Waals surface area contributed by atoms with Crippen LogP contribution >= 0.6 is 11.3 Å². The Morgan fingerprint density at radius 1 is 0.917 bits per heavy atom. The number of ether oxygens (including phenoxy) is 3. The van der Waals surface area contributed by atoms with Gasteiger partial charge in [-0.25, -0.2) is 9.97 Å². The fourth-order valence-electron chi connectivity index (χ4n) is 2.39. The van der Waals surface area contributed by atoms with Crippen molar-refractivity contribution < 1.29 is 14.2 Å². The first-order valence-electron chi connectivity index (χ1n) is 7.15. The quantitative estimate of drug-likeness (QED) is 0.764. The number of nitrogens with two attached hydrogens (primary N) is 1. The highest BCUT2D eigenvalue weighted by Gasteiger charge is 2.16. The van der Waals surface area contributed by atoms with E-state index in [9.17, 15) is 0 Å². The molecule has 0 bridgehead atoms. The summed E-state index contributed by atoms with van der Waals surface area (Å²) in [5, 5.41) is 1.99. The summed E-state index contributed by atoms with van der Waals surface area (Å²) in [5.41, 5.74) is 8.16. The molecular weight excluding hydrogens is 326 g/mol. The molecule has 0 atom stereocenters. The Balaban J connectivity index is 2.15. The van der Waals surface area contributed by atoms with Gasteiger partial charge in [0.05, 0.1) is 37.6 Å². The monoisotopic (exact) mass is 343 g/mol. The fourth-order valence-corrected chi connectivity index (χ4v) is 3.08. The topological polar surface area (TPSA) is 79.5 Å². The number of nitrogen functional groups attached to an aromatic ring is 1. The zero-order chi connectivity index (χ0) is 17.1. The van der Waals surface area contributed by atoms with Gasteiger partial charge in [-0.2, -0.15) is 0 Å². The number of methoxy groups -OCH3 is 3. The zero-order valence-corrected chi connectivity index (χ0v) is 14.4. The van der Waals surface area contributed by atoms with Crippen LogP contribution in [0.2, 0.25) is 0 Å². The molecule has 0 spiro atoms. The van der Waals surface area contributed by atoms with E-state index in [4.69, 9.17) is 19.9 Å². The number of nitrogens with zero attached hydrogens (tertiary/aromatic N) is 2. The Kier molecular flexibility index (Phi) is 4.52. The van der Waals surface area contributed by atoms with Gasteiger partial charge >= 0.3 is 0 Å². The third kappa shape index (κ3) is 2.98. The van der Waals surface area contributed by atoms with E-state index in [1.165, 1.54) is 0 Å². The van der Waals surface area contributed by atoms with Crippen LogP contribution in [0.3, 0.4) is 0 Å². The van der Waals surface area contributed by atoms with Crippen molar-refractivity contribution >= 4 is 17.3 Å². The predicted molar refractivity (Wildman–Crippen MR) is 94.8 cm³/mol. The third-order valence-corrected chi connectivity index (χ3v) is 4.37. The molecule has 0 fully saturated rings. The highest BCUT2D eigenvalue weighted by molar-refractivity contribution is 7.13. The summed E-state index contributed by atoms with van der Waals surface area (Å²) in [7, 11) is 4.72. The van der Waals surface area contributed by atoms with Crippen LogP contribution in [0.4, 0.5) is 5.95 Å². The zero-order valence-electron chi connectivity index (χ0n) is 13.6. The maximum Gasteiger partial charge on any atom is 0.221 e. The van der Waals surface area contributed by atoms with Crippen molar-refractivity contribution in [2.75, 3.05) is 27.1 Å². The lowest BCUT2D eigenvalue weighted by Crippen LogP contribution is -2.00. The van der Waals surface area contributed by atoms with Crippen LogP contribution in [-0.2, 0) is 0 Å². The minimum absolute atomic E-state index is 0.213. The molecule has 0 aliphatic carbocycles. The van der Waals surface area contributed by atoms with Crippen molar-refractivity contribution in [1.82, 2.24) is 9.97 Å². The molecule has 0 unspecified atom stereocenters. The number of rotatable bonds is 5. The van der Waals surface area contributed by atoms with Crippen molar-refractivity contribution in [3.63, 3.8) is 0 Å². The molecule has 2 aromatic heterocycles. The molecule has 0 saturated heterocycles. The predicted octanol–water partition coefficient (Wildman–Crippen LogP) is 3.48. The minimum atomic E-state index is 0.213. The van der Waals surface area contributed by atoms with Crippen LogP contribution in [0.1, 0.15) is 0 Å². The number of benzene rings is 1. The van der Waals surface area contributed by atoms with Gasteiger partial charge in [0.25, 0.3) is 0 Å². The van der Waals surface area contributed by atoms with Crippen LogP contribution in [0.15, 0.2) is 35.7 Å². The molecule has 3 rings (SSSR count). The third-order valence-electron chi connectivity index (χ3n) is 3.48. The van der Waals surface area contributed by atoms with Crippen LogP contribution in [0, 0.1) is 0 Å². The van der Waals surface area contributed by atoms with E-state index in [2.05, 4.69) is 9.97 Å². The molecule has 6 nitrogen and oxygen atoms in total. The summed E-state index contributed by atoms with van der Waals surface area (Å²) in [4.78, 5) is 9.68. The van der Waals surface area contributed by atoms with Gasteiger partial charge in [-0.1, -0.05) is 6.07 Å². The Morgan fingerprint density at radius 3 is 2.12 bits per heavy atom. The van der Waals surface area contributed by atoms with Gasteiger partial charge in [0.1, 0.15) is 0 Å². The molecule has 1 aromatic carbocycles. The van der Waals surface area contributed by atoms with E-state index < -0.39 is 0 Å². The van der Waals surface area contributed by atoms with Gasteiger partial charge in [-0.15, -0.1) is 11.3 Å². The van der Waals surface area contributed by atoms with Crippen molar-refractivity contribution in [2.24, 2.45) is 0 Å². The van der Waals surface area contributed by atoms with Crippen LogP contribution in [0.5, 0.6) is 17.2 Å².